The quantitative estimate of drug-likeness (QED) is 0.479. The molecule has 28 heavy (non-hydrogen) atoms. The number of aromatic hydroxyl groups is 1. The van der Waals surface area contributed by atoms with Crippen LogP contribution in [0.3, 0.4) is 0 Å². The fraction of sp³-hybridized carbons (Fsp3) is 0.333. The summed E-state index contributed by atoms with van der Waals surface area (Å²) in [6.07, 6.45) is 0. The van der Waals surface area contributed by atoms with Crippen molar-refractivity contribution in [3.05, 3.63) is 39.8 Å². The number of nitrogens with zero attached hydrogens (tertiary/aromatic N) is 1. The molecule has 0 aliphatic rings. The summed E-state index contributed by atoms with van der Waals surface area (Å²) in [5.74, 6) is -2.90. The standard InChI is InChI=1S/C18H19Cl2FN2O5/c1-8(2)10-6-9(4-5-11(10)25)28-14-12(19)15(21)22-16(13(14)20)23-18(3,7-24)17(26)27/h4-6,8,24-25H,7H2,1-3H3,(H,22,23)(H,26,27). The summed E-state index contributed by atoms with van der Waals surface area (Å²) in [5, 5.41) is 30.1. The lowest BCUT2D eigenvalue weighted by molar-refractivity contribution is -0.143. The molecule has 152 valence electrons. The van der Waals surface area contributed by atoms with Crippen LogP contribution in [0.2, 0.25) is 10.0 Å². The van der Waals surface area contributed by atoms with E-state index in [1.807, 2.05) is 13.8 Å². The second-order valence-corrected chi connectivity index (χ2v) is 7.36. The molecule has 10 heteroatoms. The number of pyridine rings is 1. The van der Waals surface area contributed by atoms with Gasteiger partial charge in [0.2, 0.25) is 5.95 Å². The molecular weight excluding hydrogens is 414 g/mol. The third kappa shape index (κ3) is 4.40. The number of carboxylic acid groups (broad SMARTS) is 1. The Morgan fingerprint density at radius 3 is 2.54 bits per heavy atom. The molecular formula is C18H19Cl2FN2O5. The van der Waals surface area contributed by atoms with Crippen molar-refractivity contribution in [2.75, 3.05) is 11.9 Å². The fourth-order valence-corrected chi connectivity index (χ4v) is 2.71. The first kappa shape index (κ1) is 22.0. The van der Waals surface area contributed by atoms with Gasteiger partial charge in [0.05, 0.1) is 6.61 Å². The largest absolute Gasteiger partial charge is 0.508 e. The first-order valence-electron chi connectivity index (χ1n) is 8.17. The number of benzene rings is 1. The molecule has 4 N–H and O–H groups in total. The summed E-state index contributed by atoms with van der Waals surface area (Å²) in [4.78, 5) is 14.9. The number of rotatable bonds is 7. The number of carboxylic acids is 1. The highest BCUT2D eigenvalue weighted by Crippen LogP contribution is 2.42. The number of phenolic OH excluding ortho intramolecular Hbond substituents is 1. The second kappa shape index (κ2) is 8.38. The van der Waals surface area contributed by atoms with Crippen LogP contribution in [0.1, 0.15) is 32.3 Å². The van der Waals surface area contributed by atoms with E-state index in [4.69, 9.17) is 27.9 Å². The number of anilines is 1. The van der Waals surface area contributed by atoms with E-state index in [0.29, 0.717) is 5.56 Å². The van der Waals surface area contributed by atoms with Gasteiger partial charge in [0.1, 0.15) is 21.5 Å². The molecule has 0 amide bonds. The highest BCUT2D eigenvalue weighted by atomic mass is 35.5. The summed E-state index contributed by atoms with van der Waals surface area (Å²) in [6.45, 7) is 4.11. The molecule has 7 nitrogen and oxygen atoms in total. The van der Waals surface area contributed by atoms with Gasteiger partial charge in [-0.1, -0.05) is 37.0 Å². The van der Waals surface area contributed by atoms with Gasteiger partial charge in [0.15, 0.2) is 17.1 Å². The van der Waals surface area contributed by atoms with Gasteiger partial charge in [-0.05, 0) is 31.0 Å². The molecule has 0 bridgehead atoms. The smallest absolute Gasteiger partial charge is 0.331 e. The van der Waals surface area contributed by atoms with Crippen molar-refractivity contribution in [3.8, 4) is 17.2 Å². The lowest BCUT2D eigenvalue weighted by Gasteiger charge is -2.25. The van der Waals surface area contributed by atoms with Crippen molar-refractivity contribution in [3.63, 3.8) is 0 Å². The highest BCUT2D eigenvalue weighted by Gasteiger charge is 2.34. The summed E-state index contributed by atoms with van der Waals surface area (Å²) < 4.78 is 19.8. The molecule has 1 unspecified atom stereocenters. The first-order chi connectivity index (χ1) is 13.0. The zero-order chi connectivity index (χ0) is 21.2. The summed E-state index contributed by atoms with van der Waals surface area (Å²) in [5.41, 5.74) is -1.27. The predicted octanol–water partition coefficient (Wildman–Crippen LogP) is 4.40. The number of carbonyl (C=O) groups is 1. The van der Waals surface area contributed by atoms with Crippen molar-refractivity contribution in [2.45, 2.75) is 32.2 Å². The van der Waals surface area contributed by atoms with Crippen molar-refractivity contribution in [1.82, 2.24) is 4.98 Å². The molecule has 1 aromatic heterocycles. The van der Waals surface area contributed by atoms with E-state index in [1.165, 1.54) is 19.1 Å². The molecule has 0 spiro atoms. The number of aliphatic hydroxyl groups excluding tert-OH is 1. The van der Waals surface area contributed by atoms with Crippen LogP contribution in [0.4, 0.5) is 10.2 Å². The zero-order valence-electron chi connectivity index (χ0n) is 15.3. The number of hydrogen-bond acceptors (Lipinski definition) is 6. The number of halogens is 3. The maximum Gasteiger partial charge on any atom is 0.331 e. The molecule has 1 atom stereocenters. The maximum atomic E-state index is 14.2. The minimum atomic E-state index is -1.86. The van der Waals surface area contributed by atoms with E-state index >= 15 is 0 Å². The van der Waals surface area contributed by atoms with Crippen LogP contribution < -0.4 is 10.1 Å². The van der Waals surface area contributed by atoms with Gasteiger partial charge in [-0.3, -0.25) is 0 Å². The lowest BCUT2D eigenvalue weighted by Crippen LogP contribution is -2.47. The van der Waals surface area contributed by atoms with Gasteiger partial charge in [-0.15, -0.1) is 0 Å². The van der Waals surface area contributed by atoms with E-state index < -0.39 is 29.1 Å². The van der Waals surface area contributed by atoms with Crippen molar-refractivity contribution < 1.29 is 29.2 Å². The third-order valence-corrected chi connectivity index (χ3v) is 4.70. The van der Waals surface area contributed by atoms with Crippen LogP contribution >= 0.6 is 23.2 Å². The summed E-state index contributed by atoms with van der Waals surface area (Å²) >= 11 is 12.1. The van der Waals surface area contributed by atoms with Crippen LogP contribution in [-0.2, 0) is 4.79 Å². The molecule has 1 aromatic carbocycles. The van der Waals surface area contributed by atoms with E-state index in [2.05, 4.69) is 10.3 Å². The maximum absolute atomic E-state index is 14.2. The minimum absolute atomic E-state index is 0.0123. The van der Waals surface area contributed by atoms with Crippen LogP contribution in [0.5, 0.6) is 17.2 Å². The van der Waals surface area contributed by atoms with E-state index in [0.717, 1.165) is 0 Å². The highest BCUT2D eigenvalue weighted by molar-refractivity contribution is 6.38. The van der Waals surface area contributed by atoms with Crippen LogP contribution in [0.25, 0.3) is 0 Å². The molecule has 0 aliphatic heterocycles. The average molecular weight is 433 g/mol. The van der Waals surface area contributed by atoms with Crippen LogP contribution in [-0.4, -0.2) is 38.4 Å². The molecule has 2 aromatic rings. The topological polar surface area (TPSA) is 112 Å². The van der Waals surface area contributed by atoms with Crippen LogP contribution in [0, 0.1) is 5.95 Å². The zero-order valence-corrected chi connectivity index (χ0v) is 16.8. The summed E-state index contributed by atoms with van der Waals surface area (Å²) in [6, 6.07) is 4.40. The Hall–Kier alpha value is -2.29. The number of aliphatic hydroxyl groups is 1. The molecule has 1 heterocycles. The lowest BCUT2D eigenvalue weighted by atomic mass is 10.0. The number of aliphatic carboxylic acids is 1. The number of nitrogens with one attached hydrogen (secondary N) is 1. The Bertz CT molecular complexity index is 910. The minimum Gasteiger partial charge on any atom is -0.508 e. The van der Waals surface area contributed by atoms with E-state index in [9.17, 15) is 24.5 Å². The Balaban J connectivity index is 2.50. The van der Waals surface area contributed by atoms with Gasteiger partial charge < -0.3 is 25.4 Å². The third-order valence-electron chi connectivity index (χ3n) is 4.02. The molecule has 0 saturated heterocycles. The SMILES string of the molecule is CC(C)c1cc(Oc2c(Cl)c(F)nc(NC(C)(CO)C(=O)O)c2Cl)ccc1O. The van der Waals surface area contributed by atoms with Gasteiger partial charge in [-0.25, -0.2) is 4.79 Å². The normalized spacial score (nSPS) is 13.3. The monoisotopic (exact) mass is 432 g/mol. The Morgan fingerprint density at radius 1 is 1.36 bits per heavy atom. The molecule has 0 fully saturated rings. The van der Waals surface area contributed by atoms with E-state index in [-0.39, 0.29) is 34.0 Å². The van der Waals surface area contributed by atoms with Gasteiger partial charge >= 0.3 is 5.97 Å². The molecule has 0 radical (unpaired) electrons. The number of hydrogen-bond donors (Lipinski definition) is 4. The number of phenols is 1. The average Bonchev–Trinajstić information content (AvgIpc) is 2.63. The number of ether oxygens (including phenoxy) is 1. The van der Waals surface area contributed by atoms with Crippen LogP contribution in [0.15, 0.2) is 18.2 Å². The predicted molar refractivity (Wildman–Crippen MR) is 103 cm³/mol. The molecule has 2 rings (SSSR count). The Labute approximate surface area is 170 Å². The Kier molecular flexibility index (Phi) is 6.59. The van der Waals surface area contributed by atoms with Gasteiger partial charge in [0, 0.05) is 5.56 Å². The molecule has 0 saturated carbocycles. The fourth-order valence-electron chi connectivity index (χ4n) is 2.26. The van der Waals surface area contributed by atoms with E-state index in [1.54, 1.807) is 6.07 Å². The van der Waals surface area contributed by atoms with Crippen molar-refractivity contribution in [2.24, 2.45) is 0 Å². The Morgan fingerprint density at radius 2 is 2.00 bits per heavy atom. The molecule has 0 aliphatic carbocycles. The van der Waals surface area contributed by atoms with Gasteiger partial charge in [-0.2, -0.15) is 9.37 Å². The van der Waals surface area contributed by atoms with Gasteiger partial charge in [0.25, 0.3) is 0 Å². The first-order valence-corrected chi connectivity index (χ1v) is 8.93. The second-order valence-electron chi connectivity index (χ2n) is 6.61. The van der Waals surface area contributed by atoms with Crippen molar-refractivity contribution in [1.29, 1.82) is 0 Å². The van der Waals surface area contributed by atoms with Crippen molar-refractivity contribution >= 4 is 35.0 Å². The number of aromatic nitrogens is 1. The summed E-state index contributed by atoms with van der Waals surface area (Å²) in [7, 11) is 0.